The van der Waals surface area contributed by atoms with Crippen molar-refractivity contribution in [2.24, 2.45) is 16.7 Å². The summed E-state index contributed by atoms with van der Waals surface area (Å²) in [5.41, 5.74) is 0.446. The summed E-state index contributed by atoms with van der Waals surface area (Å²) < 4.78 is 0. The molecule has 2 rings (SSSR count). The monoisotopic (exact) mass is 154 g/mol. The van der Waals surface area contributed by atoms with Crippen molar-refractivity contribution in [1.29, 1.82) is 0 Å². The van der Waals surface area contributed by atoms with Gasteiger partial charge in [-0.1, -0.05) is 20.8 Å². The van der Waals surface area contributed by atoms with Gasteiger partial charge in [-0.05, 0) is 36.0 Å². The predicted molar refractivity (Wildman–Crippen MR) is 45.2 cm³/mol. The first-order valence-electron chi connectivity index (χ1n) is 4.65. The molecule has 2 aliphatic rings. The van der Waals surface area contributed by atoms with Crippen molar-refractivity contribution in [3.05, 3.63) is 0 Å². The summed E-state index contributed by atoms with van der Waals surface area (Å²) in [6.45, 7) is 6.67. The number of aliphatic hydroxyl groups is 1. The number of fused-ring (bicyclic) bond motifs is 2. The van der Waals surface area contributed by atoms with Crippen LogP contribution in [0.3, 0.4) is 0 Å². The minimum absolute atomic E-state index is 0.0613. The molecule has 0 unspecified atom stereocenters. The zero-order chi connectivity index (χ0) is 8.28. The molecule has 1 heteroatoms. The van der Waals surface area contributed by atoms with Gasteiger partial charge in [0.2, 0.25) is 0 Å². The normalized spacial score (nSPS) is 53.5. The third kappa shape index (κ3) is 0.752. The van der Waals surface area contributed by atoms with E-state index in [0.29, 0.717) is 0 Å². The molecule has 0 radical (unpaired) electrons. The van der Waals surface area contributed by atoms with Gasteiger partial charge in [-0.3, -0.25) is 0 Å². The number of aliphatic hydroxyl groups excluding tert-OH is 1. The summed E-state index contributed by atoms with van der Waals surface area (Å²) in [4.78, 5) is 0. The Labute approximate surface area is 68.8 Å². The third-order valence-electron chi connectivity index (χ3n) is 4.19. The van der Waals surface area contributed by atoms with Crippen LogP contribution in [0, 0.1) is 16.7 Å². The molecule has 2 saturated carbocycles. The van der Waals surface area contributed by atoms with Gasteiger partial charge in [0.05, 0.1) is 6.10 Å². The molecule has 0 aromatic heterocycles. The lowest BCUT2D eigenvalue weighted by atomic mass is 9.70. The number of rotatable bonds is 0. The summed E-state index contributed by atoms with van der Waals surface area (Å²) in [5.74, 6) is 0.780. The highest BCUT2D eigenvalue weighted by Gasteiger charge is 2.58. The van der Waals surface area contributed by atoms with Crippen LogP contribution in [0.5, 0.6) is 0 Å². The van der Waals surface area contributed by atoms with Crippen LogP contribution in [-0.2, 0) is 0 Å². The molecular weight excluding hydrogens is 136 g/mol. The molecule has 0 aliphatic heterocycles. The molecular formula is C10H18O. The molecule has 2 fully saturated rings. The van der Waals surface area contributed by atoms with Gasteiger partial charge in [-0.2, -0.15) is 0 Å². The van der Waals surface area contributed by atoms with Gasteiger partial charge >= 0.3 is 0 Å². The third-order valence-corrected chi connectivity index (χ3v) is 4.19. The maximum Gasteiger partial charge on any atom is 0.0647 e. The quantitative estimate of drug-likeness (QED) is 0.567. The second-order valence-electron chi connectivity index (χ2n) is 5.32. The minimum atomic E-state index is -0.0613. The Bertz CT molecular complexity index is 181. The Hall–Kier alpha value is -0.0400. The van der Waals surface area contributed by atoms with E-state index in [-0.39, 0.29) is 16.9 Å². The van der Waals surface area contributed by atoms with Crippen molar-refractivity contribution >= 4 is 0 Å². The van der Waals surface area contributed by atoms with Crippen molar-refractivity contribution in [3.8, 4) is 0 Å². The average molecular weight is 154 g/mol. The Kier molecular flexibility index (Phi) is 1.26. The second kappa shape index (κ2) is 1.82. The van der Waals surface area contributed by atoms with E-state index in [9.17, 15) is 5.11 Å². The molecule has 2 aliphatic carbocycles. The van der Waals surface area contributed by atoms with Crippen LogP contribution in [0.1, 0.15) is 40.0 Å². The highest BCUT2D eigenvalue weighted by Crippen LogP contribution is 2.62. The van der Waals surface area contributed by atoms with Gasteiger partial charge in [0.15, 0.2) is 0 Å². The highest BCUT2D eigenvalue weighted by atomic mass is 16.3. The fraction of sp³-hybridized carbons (Fsp3) is 1.00. The van der Waals surface area contributed by atoms with Crippen LogP contribution in [0.15, 0.2) is 0 Å². The smallest absolute Gasteiger partial charge is 0.0647 e. The molecule has 2 bridgehead atoms. The summed E-state index contributed by atoms with van der Waals surface area (Å²) in [5, 5.41) is 10.0. The lowest BCUT2D eigenvalue weighted by Crippen LogP contribution is -2.39. The summed E-state index contributed by atoms with van der Waals surface area (Å²) in [7, 11) is 0. The molecule has 3 atom stereocenters. The van der Waals surface area contributed by atoms with E-state index in [1.165, 1.54) is 19.3 Å². The molecule has 1 nitrogen and oxygen atoms in total. The maximum absolute atomic E-state index is 10.0. The van der Waals surface area contributed by atoms with E-state index >= 15 is 0 Å². The molecule has 0 heterocycles. The molecule has 0 amide bonds. The lowest BCUT2D eigenvalue weighted by Gasteiger charge is -2.38. The highest BCUT2D eigenvalue weighted by molar-refractivity contribution is 5.08. The Morgan fingerprint density at radius 3 is 2.18 bits per heavy atom. The number of hydrogen-bond donors (Lipinski definition) is 1. The van der Waals surface area contributed by atoms with Gasteiger partial charge < -0.3 is 5.11 Å². The van der Waals surface area contributed by atoms with Crippen molar-refractivity contribution in [2.45, 2.75) is 46.1 Å². The van der Waals surface area contributed by atoms with E-state index in [1.807, 2.05) is 0 Å². The van der Waals surface area contributed by atoms with Crippen LogP contribution >= 0.6 is 0 Å². The molecule has 0 aromatic rings. The summed E-state index contributed by atoms with van der Waals surface area (Å²) in [6.07, 6.45) is 3.76. The standard InChI is InChI=1S/C10H18O/c1-9(2)7-4-5-10(3,6-7)8(9)11/h7-8,11H,4-6H2,1-3H3/t7-,8+,10-/m1/s1. The van der Waals surface area contributed by atoms with Crippen LogP contribution in [0.25, 0.3) is 0 Å². The van der Waals surface area contributed by atoms with Crippen LogP contribution in [-0.4, -0.2) is 11.2 Å². The lowest BCUT2D eigenvalue weighted by molar-refractivity contribution is -0.0340. The summed E-state index contributed by atoms with van der Waals surface area (Å²) >= 11 is 0. The Morgan fingerprint density at radius 1 is 1.27 bits per heavy atom. The zero-order valence-electron chi connectivity index (χ0n) is 7.72. The van der Waals surface area contributed by atoms with Gasteiger partial charge in [0.1, 0.15) is 0 Å². The largest absolute Gasteiger partial charge is 0.392 e. The molecule has 64 valence electrons. The molecule has 0 spiro atoms. The summed E-state index contributed by atoms with van der Waals surface area (Å²) in [6, 6.07) is 0. The van der Waals surface area contributed by atoms with Gasteiger partial charge in [0.25, 0.3) is 0 Å². The minimum Gasteiger partial charge on any atom is -0.392 e. The van der Waals surface area contributed by atoms with E-state index in [2.05, 4.69) is 20.8 Å². The second-order valence-corrected chi connectivity index (χ2v) is 5.32. The topological polar surface area (TPSA) is 20.2 Å². The number of hydrogen-bond acceptors (Lipinski definition) is 1. The maximum atomic E-state index is 10.0. The van der Waals surface area contributed by atoms with Crippen molar-refractivity contribution in [3.63, 3.8) is 0 Å². The molecule has 0 aromatic carbocycles. The first kappa shape index (κ1) is 7.60. The SMILES string of the molecule is CC1(C)[C@@H]2CC[C@](C)(C2)[C@H]1O. The Morgan fingerprint density at radius 2 is 1.91 bits per heavy atom. The van der Waals surface area contributed by atoms with Crippen LogP contribution < -0.4 is 0 Å². The van der Waals surface area contributed by atoms with E-state index in [4.69, 9.17) is 0 Å². The molecule has 0 saturated heterocycles. The van der Waals surface area contributed by atoms with Crippen LogP contribution in [0.4, 0.5) is 0 Å². The van der Waals surface area contributed by atoms with E-state index in [1.54, 1.807) is 0 Å². The fourth-order valence-corrected chi connectivity index (χ4v) is 3.28. The van der Waals surface area contributed by atoms with E-state index < -0.39 is 0 Å². The first-order valence-corrected chi connectivity index (χ1v) is 4.65. The van der Waals surface area contributed by atoms with Crippen molar-refractivity contribution in [2.75, 3.05) is 0 Å². The predicted octanol–water partition coefficient (Wildman–Crippen LogP) is 2.19. The zero-order valence-corrected chi connectivity index (χ0v) is 7.72. The average Bonchev–Trinajstić information content (AvgIpc) is 2.36. The van der Waals surface area contributed by atoms with Crippen LogP contribution in [0.2, 0.25) is 0 Å². The van der Waals surface area contributed by atoms with E-state index in [0.717, 1.165) is 5.92 Å². The molecule has 11 heavy (non-hydrogen) atoms. The van der Waals surface area contributed by atoms with Gasteiger partial charge in [-0.25, -0.2) is 0 Å². The first-order chi connectivity index (χ1) is 4.97. The van der Waals surface area contributed by atoms with Gasteiger partial charge in [0, 0.05) is 0 Å². The van der Waals surface area contributed by atoms with Gasteiger partial charge in [-0.15, -0.1) is 0 Å². The molecule has 1 N–H and O–H groups in total. The van der Waals surface area contributed by atoms with Crippen molar-refractivity contribution < 1.29 is 5.11 Å². The Balaban J connectivity index is 2.34. The van der Waals surface area contributed by atoms with Crippen molar-refractivity contribution in [1.82, 2.24) is 0 Å². The fourth-order valence-electron chi connectivity index (χ4n) is 3.28.